The number of benzene rings is 3. The summed E-state index contributed by atoms with van der Waals surface area (Å²) >= 11 is 0. The Hall–Kier alpha value is -4.65. The number of ether oxygens (including phenoxy) is 3. The summed E-state index contributed by atoms with van der Waals surface area (Å²) in [4.78, 5) is 32.8. The summed E-state index contributed by atoms with van der Waals surface area (Å²) in [5, 5.41) is 0. The van der Waals surface area contributed by atoms with Crippen molar-refractivity contribution in [2.45, 2.75) is 52.4 Å². The molecule has 1 aromatic heterocycles. The van der Waals surface area contributed by atoms with Gasteiger partial charge in [-0.15, -0.1) is 0 Å². The van der Waals surface area contributed by atoms with Crippen LogP contribution in [0.2, 0.25) is 0 Å². The van der Waals surface area contributed by atoms with Crippen LogP contribution in [0.25, 0.3) is 11.3 Å². The molecule has 0 saturated carbocycles. The average Bonchev–Trinajstić information content (AvgIpc) is 2.96. The molecular weight excluding hydrogens is 516 g/mol. The van der Waals surface area contributed by atoms with Gasteiger partial charge in [0.15, 0.2) is 0 Å². The first-order chi connectivity index (χ1) is 19.7. The summed E-state index contributed by atoms with van der Waals surface area (Å²) in [5.41, 5.74) is 3.14. The summed E-state index contributed by atoms with van der Waals surface area (Å²) in [6, 6.07) is 29.6. The number of aromatic nitrogens is 1. The third kappa shape index (κ3) is 8.42. The molecule has 0 radical (unpaired) electrons. The number of carbonyl (C=O) groups is 2. The minimum absolute atomic E-state index is 0.187. The van der Waals surface area contributed by atoms with Gasteiger partial charge in [-0.25, -0.2) is 9.59 Å². The molecule has 1 heterocycles. The molecule has 1 atom stereocenters. The van der Waals surface area contributed by atoms with Gasteiger partial charge < -0.3 is 14.2 Å². The van der Waals surface area contributed by atoms with E-state index in [9.17, 15) is 9.59 Å². The van der Waals surface area contributed by atoms with Crippen molar-refractivity contribution in [2.24, 2.45) is 0 Å². The number of pyridine rings is 1. The first-order valence-corrected chi connectivity index (χ1v) is 13.7. The van der Waals surface area contributed by atoms with Crippen molar-refractivity contribution >= 4 is 17.7 Å². The number of carbonyl (C=O) groups excluding carboxylic acids is 2. The number of amides is 1. The molecule has 1 unspecified atom stereocenters. The van der Waals surface area contributed by atoms with Crippen molar-refractivity contribution < 1.29 is 23.8 Å². The fourth-order valence-corrected chi connectivity index (χ4v) is 4.27. The zero-order chi connectivity index (χ0) is 29.2. The lowest BCUT2D eigenvalue weighted by Crippen LogP contribution is -2.49. The van der Waals surface area contributed by atoms with Gasteiger partial charge in [0.25, 0.3) is 0 Å². The maximum absolute atomic E-state index is 13.6. The van der Waals surface area contributed by atoms with E-state index < -0.39 is 23.7 Å². The zero-order valence-corrected chi connectivity index (χ0v) is 23.9. The third-order valence-corrected chi connectivity index (χ3v) is 6.15. The second-order valence-electron chi connectivity index (χ2n) is 10.5. The number of nitrogens with zero attached hydrogens (tertiary/aromatic N) is 2. The van der Waals surface area contributed by atoms with Crippen molar-refractivity contribution in [3.63, 3.8) is 0 Å². The van der Waals surface area contributed by atoms with Crippen LogP contribution in [0, 0.1) is 0 Å². The van der Waals surface area contributed by atoms with E-state index in [2.05, 4.69) is 4.98 Å². The molecule has 7 heteroatoms. The number of hydrogen-bond acceptors (Lipinski definition) is 6. The molecule has 7 nitrogen and oxygen atoms in total. The Morgan fingerprint density at radius 3 is 2.10 bits per heavy atom. The molecule has 0 aliphatic carbocycles. The molecule has 3 aromatic carbocycles. The maximum atomic E-state index is 13.6. The number of esters is 1. The van der Waals surface area contributed by atoms with Crippen LogP contribution in [0.15, 0.2) is 103 Å². The highest BCUT2D eigenvalue weighted by Gasteiger charge is 2.35. The predicted molar refractivity (Wildman–Crippen MR) is 160 cm³/mol. The van der Waals surface area contributed by atoms with Crippen molar-refractivity contribution in [3.05, 3.63) is 114 Å². The van der Waals surface area contributed by atoms with Gasteiger partial charge in [0.1, 0.15) is 24.0 Å². The molecular formula is C34H36N2O5. The highest BCUT2D eigenvalue weighted by molar-refractivity contribution is 5.96. The van der Waals surface area contributed by atoms with E-state index in [0.29, 0.717) is 18.0 Å². The van der Waals surface area contributed by atoms with E-state index >= 15 is 0 Å². The summed E-state index contributed by atoms with van der Waals surface area (Å²) in [6.45, 7) is 7.77. The lowest BCUT2D eigenvalue weighted by molar-refractivity contribution is -0.144. The largest absolute Gasteiger partial charge is 0.489 e. The van der Waals surface area contributed by atoms with Crippen molar-refractivity contribution in [2.75, 3.05) is 11.5 Å². The van der Waals surface area contributed by atoms with Crippen LogP contribution in [0.5, 0.6) is 5.75 Å². The Bertz CT molecular complexity index is 1420. The van der Waals surface area contributed by atoms with Crippen LogP contribution in [0.3, 0.4) is 0 Å². The Kier molecular flexibility index (Phi) is 9.74. The second kappa shape index (κ2) is 13.6. The Balaban J connectivity index is 1.65. The summed E-state index contributed by atoms with van der Waals surface area (Å²) in [6.07, 6.45) is 1.23. The van der Waals surface area contributed by atoms with Gasteiger partial charge >= 0.3 is 12.1 Å². The molecule has 4 aromatic rings. The van der Waals surface area contributed by atoms with Gasteiger partial charge in [-0.3, -0.25) is 9.88 Å². The molecule has 0 aliphatic rings. The maximum Gasteiger partial charge on any atom is 0.415 e. The van der Waals surface area contributed by atoms with Crippen LogP contribution < -0.4 is 9.64 Å². The molecule has 0 N–H and O–H groups in total. The summed E-state index contributed by atoms with van der Waals surface area (Å²) < 4.78 is 17.1. The number of anilines is 1. The fourth-order valence-electron chi connectivity index (χ4n) is 4.27. The van der Waals surface area contributed by atoms with Crippen molar-refractivity contribution in [3.8, 4) is 17.0 Å². The third-order valence-electron chi connectivity index (χ3n) is 6.15. The molecule has 41 heavy (non-hydrogen) atoms. The molecule has 1 amide bonds. The van der Waals surface area contributed by atoms with E-state index in [0.717, 1.165) is 22.4 Å². The Morgan fingerprint density at radius 1 is 0.854 bits per heavy atom. The molecule has 212 valence electrons. The van der Waals surface area contributed by atoms with Crippen LogP contribution in [0.1, 0.15) is 38.8 Å². The highest BCUT2D eigenvalue weighted by Crippen LogP contribution is 2.28. The molecule has 0 bridgehead atoms. The number of rotatable bonds is 10. The van der Waals surface area contributed by atoms with Gasteiger partial charge in [0, 0.05) is 18.2 Å². The lowest BCUT2D eigenvalue weighted by atomic mass is 10.0. The van der Waals surface area contributed by atoms with Crippen LogP contribution in [-0.2, 0) is 27.3 Å². The van der Waals surface area contributed by atoms with E-state index in [1.165, 1.54) is 4.90 Å². The topological polar surface area (TPSA) is 78.0 Å². The van der Waals surface area contributed by atoms with Gasteiger partial charge in [-0.1, -0.05) is 60.7 Å². The molecule has 0 spiro atoms. The van der Waals surface area contributed by atoms with Gasteiger partial charge in [-0.05, 0) is 75.2 Å². The standard InChI is InChI=1S/C34H36N2O5/c1-5-39-32(37)31(22-25-12-8-6-9-13-25)36(33(38)41-34(2,3)4)28-20-21-35-30(23-28)27-16-18-29(19-17-27)40-24-26-14-10-7-11-15-26/h6-21,23,31H,5,22,24H2,1-4H3. The lowest BCUT2D eigenvalue weighted by Gasteiger charge is -2.32. The zero-order valence-electron chi connectivity index (χ0n) is 23.9. The molecule has 4 rings (SSSR count). The van der Waals surface area contributed by atoms with Gasteiger partial charge in [-0.2, -0.15) is 0 Å². The monoisotopic (exact) mass is 552 g/mol. The first kappa shape index (κ1) is 29.3. The minimum atomic E-state index is -0.948. The highest BCUT2D eigenvalue weighted by atomic mass is 16.6. The number of hydrogen-bond donors (Lipinski definition) is 0. The van der Waals surface area contributed by atoms with Crippen LogP contribution >= 0.6 is 0 Å². The van der Waals surface area contributed by atoms with Crippen LogP contribution in [-0.4, -0.2) is 35.3 Å². The Morgan fingerprint density at radius 2 is 1.49 bits per heavy atom. The minimum Gasteiger partial charge on any atom is -0.489 e. The van der Waals surface area contributed by atoms with Crippen molar-refractivity contribution in [1.29, 1.82) is 0 Å². The quantitative estimate of drug-likeness (QED) is 0.193. The van der Waals surface area contributed by atoms with Crippen molar-refractivity contribution in [1.82, 2.24) is 4.98 Å². The van der Waals surface area contributed by atoms with E-state index in [-0.39, 0.29) is 13.0 Å². The summed E-state index contributed by atoms with van der Waals surface area (Å²) in [5.74, 6) is 0.217. The smallest absolute Gasteiger partial charge is 0.415 e. The average molecular weight is 553 g/mol. The molecule has 0 aliphatic heterocycles. The molecule has 0 saturated heterocycles. The SMILES string of the molecule is CCOC(=O)C(Cc1ccccc1)N(C(=O)OC(C)(C)C)c1ccnc(-c2ccc(OCc3ccccc3)cc2)c1. The van der Waals surface area contributed by atoms with Crippen LogP contribution in [0.4, 0.5) is 10.5 Å². The fraction of sp³-hybridized carbons (Fsp3) is 0.265. The molecule has 0 fully saturated rings. The van der Waals surface area contributed by atoms with Gasteiger partial charge in [0.2, 0.25) is 0 Å². The Labute approximate surface area is 241 Å². The van der Waals surface area contributed by atoms with E-state index in [1.807, 2.05) is 84.9 Å². The van der Waals surface area contributed by atoms with E-state index in [4.69, 9.17) is 14.2 Å². The summed E-state index contributed by atoms with van der Waals surface area (Å²) in [7, 11) is 0. The first-order valence-electron chi connectivity index (χ1n) is 13.7. The van der Waals surface area contributed by atoms with Gasteiger partial charge in [0.05, 0.1) is 18.0 Å². The van der Waals surface area contributed by atoms with E-state index in [1.54, 1.807) is 46.0 Å². The normalized spacial score (nSPS) is 11.8. The predicted octanol–water partition coefficient (Wildman–Crippen LogP) is 7.24. The second-order valence-corrected chi connectivity index (χ2v) is 10.5.